The van der Waals surface area contributed by atoms with Crippen molar-refractivity contribution in [3.8, 4) is 11.1 Å². The molecule has 1 N–H and O–H groups in total. The SMILES string of the molecule is CC(=O)c1ccc(-c2ccc([C@@H](C/C(=N\O)c3ccc(=O)n(C)c3)c3ccccc3C)cc2)cc1. The van der Waals surface area contributed by atoms with E-state index in [1.54, 1.807) is 26.2 Å². The second-order valence-electron chi connectivity index (χ2n) is 8.78. The number of rotatable bonds is 7. The molecule has 35 heavy (non-hydrogen) atoms. The number of carbonyl (C=O) groups excluding carboxylic acids is 1. The highest BCUT2D eigenvalue weighted by Gasteiger charge is 2.21. The Morgan fingerprint density at radius 1 is 0.886 bits per heavy atom. The average Bonchev–Trinajstić information content (AvgIpc) is 2.87. The number of aromatic nitrogens is 1. The summed E-state index contributed by atoms with van der Waals surface area (Å²) in [6.07, 6.45) is 2.16. The van der Waals surface area contributed by atoms with Crippen molar-refractivity contribution in [2.45, 2.75) is 26.2 Å². The van der Waals surface area contributed by atoms with E-state index in [0.29, 0.717) is 23.3 Å². The van der Waals surface area contributed by atoms with E-state index in [-0.39, 0.29) is 17.3 Å². The van der Waals surface area contributed by atoms with Crippen LogP contribution in [-0.4, -0.2) is 21.3 Å². The molecule has 0 unspecified atom stereocenters. The lowest BCUT2D eigenvalue weighted by molar-refractivity contribution is 0.101. The van der Waals surface area contributed by atoms with Crippen LogP contribution >= 0.6 is 0 Å². The van der Waals surface area contributed by atoms with Crippen molar-refractivity contribution in [3.05, 3.63) is 129 Å². The molecule has 0 radical (unpaired) electrons. The van der Waals surface area contributed by atoms with E-state index in [1.165, 1.54) is 10.6 Å². The van der Waals surface area contributed by atoms with Gasteiger partial charge in [-0.15, -0.1) is 0 Å². The van der Waals surface area contributed by atoms with Crippen LogP contribution in [0, 0.1) is 6.92 Å². The minimum atomic E-state index is -0.117. The lowest BCUT2D eigenvalue weighted by atomic mass is 9.83. The number of Topliss-reactive ketones (excluding diaryl/α,β-unsaturated/α-hetero) is 1. The van der Waals surface area contributed by atoms with Crippen molar-refractivity contribution in [2.24, 2.45) is 12.2 Å². The van der Waals surface area contributed by atoms with Gasteiger partial charge in [-0.2, -0.15) is 0 Å². The largest absolute Gasteiger partial charge is 0.411 e. The predicted molar refractivity (Wildman–Crippen MR) is 140 cm³/mol. The van der Waals surface area contributed by atoms with Gasteiger partial charge >= 0.3 is 0 Å². The summed E-state index contributed by atoms with van der Waals surface area (Å²) in [7, 11) is 1.68. The molecule has 0 aliphatic carbocycles. The first-order valence-electron chi connectivity index (χ1n) is 11.5. The predicted octanol–water partition coefficient (Wildman–Crippen LogP) is 5.96. The maximum absolute atomic E-state index is 11.8. The minimum Gasteiger partial charge on any atom is -0.411 e. The smallest absolute Gasteiger partial charge is 0.250 e. The molecule has 0 saturated heterocycles. The van der Waals surface area contributed by atoms with E-state index in [1.807, 2.05) is 36.4 Å². The third-order valence-electron chi connectivity index (χ3n) is 6.44. The van der Waals surface area contributed by atoms with Gasteiger partial charge in [-0.05, 0) is 47.7 Å². The number of pyridine rings is 1. The normalized spacial score (nSPS) is 12.4. The zero-order valence-electron chi connectivity index (χ0n) is 20.1. The number of oxime groups is 1. The minimum absolute atomic E-state index is 0.0477. The van der Waals surface area contributed by atoms with Gasteiger partial charge in [0, 0.05) is 42.8 Å². The van der Waals surface area contributed by atoms with Gasteiger partial charge < -0.3 is 9.77 Å². The molecule has 1 aromatic heterocycles. The van der Waals surface area contributed by atoms with Crippen LogP contribution in [0.1, 0.15) is 51.9 Å². The summed E-state index contributed by atoms with van der Waals surface area (Å²) in [5.74, 6) is 0.00119. The second kappa shape index (κ2) is 10.3. The molecule has 176 valence electrons. The first-order chi connectivity index (χ1) is 16.9. The zero-order chi connectivity index (χ0) is 24.9. The van der Waals surface area contributed by atoms with Crippen molar-refractivity contribution in [2.75, 3.05) is 0 Å². The highest BCUT2D eigenvalue weighted by atomic mass is 16.4. The lowest BCUT2D eigenvalue weighted by Crippen LogP contribution is -2.18. The Balaban J connectivity index is 1.70. The molecule has 0 aliphatic heterocycles. The number of hydrogen-bond donors (Lipinski definition) is 1. The molecule has 0 fully saturated rings. The van der Waals surface area contributed by atoms with Crippen LogP contribution in [0.25, 0.3) is 11.1 Å². The van der Waals surface area contributed by atoms with E-state index in [2.05, 4.69) is 48.5 Å². The third kappa shape index (κ3) is 5.30. The number of carbonyl (C=O) groups is 1. The van der Waals surface area contributed by atoms with Crippen molar-refractivity contribution >= 4 is 11.5 Å². The first kappa shape index (κ1) is 23.9. The molecule has 4 aromatic rings. The zero-order valence-corrected chi connectivity index (χ0v) is 20.1. The number of aryl methyl sites for hydroxylation is 2. The monoisotopic (exact) mass is 464 g/mol. The fourth-order valence-electron chi connectivity index (χ4n) is 4.36. The molecule has 1 heterocycles. The van der Waals surface area contributed by atoms with E-state index in [4.69, 9.17) is 0 Å². The highest BCUT2D eigenvalue weighted by molar-refractivity contribution is 6.00. The number of nitrogens with zero attached hydrogens (tertiary/aromatic N) is 2. The number of benzene rings is 3. The van der Waals surface area contributed by atoms with Crippen LogP contribution in [0.3, 0.4) is 0 Å². The summed E-state index contributed by atoms with van der Waals surface area (Å²) in [6, 6.07) is 27.3. The van der Waals surface area contributed by atoms with Crippen LogP contribution in [0.15, 0.2) is 101 Å². The molecular formula is C30H28N2O3. The van der Waals surface area contributed by atoms with Gasteiger partial charge in [-0.1, -0.05) is 78.0 Å². The van der Waals surface area contributed by atoms with Crippen molar-refractivity contribution < 1.29 is 10.0 Å². The lowest BCUT2D eigenvalue weighted by Gasteiger charge is -2.21. The fraction of sp³-hybridized carbons (Fsp3) is 0.167. The first-order valence-corrected chi connectivity index (χ1v) is 11.5. The van der Waals surface area contributed by atoms with Crippen LogP contribution in [0.2, 0.25) is 0 Å². The molecule has 0 saturated carbocycles. The van der Waals surface area contributed by atoms with E-state index >= 15 is 0 Å². The summed E-state index contributed by atoms with van der Waals surface area (Å²) in [5.41, 5.74) is 7.28. The van der Waals surface area contributed by atoms with Gasteiger partial charge in [0.15, 0.2) is 5.78 Å². The van der Waals surface area contributed by atoms with Gasteiger partial charge in [0.2, 0.25) is 5.56 Å². The molecule has 0 spiro atoms. The Morgan fingerprint density at radius 3 is 2.06 bits per heavy atom. The van der Waals surface area contributed by atoms with Crippen LogP contribution in [0.4, 0.5) is 0 Å². The van der Waals surface area contributed by atoms with Gasteiger partial charge in [0.1, 0.15) is 0 Å². The van der Waals surface area contributed by atoms with Crippen molar-refractivity contribution in [3.63, 3.8) is 0 Å². The molecule has 1 atom stereocenters. The number of ketones is 1. The molecule has 5 nitrogen and oxygen atoms in total. The van der Waals surface area contributed by atoms with Crippen molar-refractivity contribution in [1.82, 2.24) is 4.57 Å². The van der Waals surface area contributed by atoms with Gasteiger partial charge in [-0.3, -0.25) is 9.59 Å². The van der Waals surface area contributed by atoms with Crippen LogP contribution < -0.4 is 5.56 Å². The van der Waals surface area contributed by atoms with E-state index < -0.39 is 0 Å². The Labute approximate surface area is 205 Å². The maximum Gasteiger partial charge on any atom is 0.250 e. The maximum atomic E-state index is 11.8. The molecule has 3 aromatic carbocycles. The topological polar surface area (TPSA) is 71.7 Å². The van der Waals surface area contributed by atoms with E-state index in [0.717, 1.165) is 27.8 Å². The Kier molecular flexibility index (Phi) is 7.06. The summed E-state index contributed by atoms with van der Waals surface area (Å²) in [5, 5.41) is 13.5. The molecule has 0 bridgehead atoms. The molecule has 0 amide bonds. The Hall–Kier alpha value is -4.25. The second-order valence-corrected chi connectivity index (χ2v) is 8.78. The average molecular weight is 465 g/mol. The number of hydrogen-bond acceptors (Lipinski definition) is 4. The van der Waals surface area contributed by atoms with Gasteiger partial charge in [0.25, 0.3) is 0 Å². The van der Waals surface area contributed by atoms with Crippen molar-refractivity contribution in [1.29, 1.82) is 0 Å². The fourth-order valence-corrected chi connectivity index (χ4v) is 4.36. The van der Waals surface area contributed by atoms with E-state index in [9.17, 15) is 14.8 Å². The summed E-state index contributed by atoms with van der Waals surface area (Å²) < 4.78 is 1.48. The quantitative estimate of drug-likeness (QED) is 0.159. The van der Waals surface area contributed by atoms with Gasteiger partial charge in [0.05, 0.1) is 5.71 Å². The summed E-state index contributed by atoms with van der Waals surface area (Å²) >= 11 is 0. The van der Waals surface area contributed by atoms with Crippen LogP contribution in [-0.2, 0) is 7.05 Å². The Bertz CT molecular complexity index is 1430. The Morgan fingerprint density at radius 2 is 1.49 bits per heavy atom. The van der Waals surface area contributed by atoms with Gasteiger partial charge in [-0.25, -0.2) is 0 Å². The summed E-state index contributed by atoms with van der Waals surface area (Å²) in [4.78, 5) is 23.4. The standard InChI is InChI=1S/C30H28N2O3/c1-20-6-4-5-7-27(20)28(18-29(31-35)26-16-17-30(34)32(3)19-26)25-14-12-24(13-15-25)23-10-8-22(9-11-23)21(2)33/h4-17,19,28,35H,18H2,1-3H3/b31-29+/t28-/m1/s1. The highest BCUT2D eigenvalue weighted by Crippen LogP contribution is 2.33. The molecule has 4 rings (SSSR count). The third-order valence-corrected chi connectivity index (χ3v) is 6.44. The summed E-state index contributed by atoms with van der Waals surface area (Å²) in [6.45, 7) is 3.64. The molecule has 5 heteroatoms. The molecular weight excluding hydrogens is 436 g/mol. The molecule has 0 aliphatic rings. The van der Waals surface area contributed by atoms with Crippen LogP contribution in [0.5, 0.6) is 0 Å².